The van der Waals surface area contributed by atoms with Crippen molar-refractivity contribution in [1.82, 2.24) is 19.9 Å². The summed E-state index contributed by atoms with van der Waals surface area (Å²) in [6.45, 7) is 8.06. The standard InChI is InChI=1S/C17H22N4O2/c1-13-15(14(2)23-19-13)12-20-8-5-9-21(11-10-20)17(22)16-6-3-4-7-18-16/h3-4,6-7H,5,8-12H2,1-2H3. The average Bonchev–Trinajstić information content (AvgIpc) is 2.79. The highest BCUT2D eigenvalue weighted by Gasteiger charge is 2.22. The largest absolute Gasteiger partial charge is 0.361 e. The Kier molecular flexibility index (Phi) is 4.71. The van der Waals surface area contributed by atoms with Gasteiger partial charge in [-0.15, -0.1) is 0 Å². The summed E-state index contributed by atoms with van der Waals surface area (Å²) in [6, 6.07) is 5.45. The van der Waals surface area contributed by atoms with Crippen LogP contribution in [0.2, 0.25) is 0 Å². The van der Waals surface area contributed by atoms with E-state index in [-0.39, 0.29) is 5.91 Å². The highest BCUT2D eigenvalue weighted by Crippen LogP contribution is 2.16. The molecule has 2 aromatic heterocycles. The number of hydrogen-bond acceptors (Lipinski definition) is 5. The predicted octanol–water partition coefficient (Wildman–Crippen LogP) is 2.03. The molecule has 23 heavy (non-hydrogen) atoms. The molecule has 2 aromatic rings. The highest BCUT2D eigenvalue weighted by molar-refractivity contribution is 5.92. The van der Waals surface area contributed by atoms with Crippen molar-refractivity contribution in [3.8, 4) is 0 Å². The number of hydrogen-bond donors (Lipinski definition) is 0. The zero-order valence-electron chi connectivity index (χ0n) is 13.7. The van der Waals surface area contributed by atoms with Crippen molar-refractivity contribution in [2.75, 3.05) is 26.2 Å². The van der Waals surface area contributed by atoms with Crippen molar-refractivity contribution >= 4 is 5.91 Å². The fourth-order valence-electron chi connectivity index (χ4n) is 2.93. The predicted molar refractivity (Wildman–Crippen MR) is 86.0 cm³/mol. The first-order valence-electron chi connectivity index (χ1n) is 7.99. The van der Waals surface area contributed by atoms with Crippen LogP contribution in [0.4, 0.5) is 0 Å². The molecule has 0 spiro atoms. The van der Waals surface area contributed by atoms with E-state index in [9.17, 15) is 4.79 Å². The van der Waals surface area contributed by atoms with Gasteiger partial charge in [0.1, 0.15) is 11.5 Å². The number of aryl methyl sites for hydroxylation is 2. The van der Waals surface area contributed by atoms with Gasteiger partial charge in [0.05, 0.1) is 5.69 Å². The molecule has 0 atom stereocenters. The van der Waals surface area contributed by atoms with Crippen LogP contribution in [0.3, 0.4) is 0 Å². The number of amides is 1. The molecule has 6 nitrogen and oxygen atoms in total. The van der Waals surface area contributed by atoms with Gasteiger partial charge in [-0.25, -0.2) is 0 Å². The molecule has 0 radical (unpaired) electrons. The van der Waals surface area contributed by atoms with Crippen molar-refractivity contribution < 1.29 is 9.32 Å². The molecule has 1 aliphatic rings. The van der Waals surface area contributed by atoms with E-state index in [1.807, 2.05) is 30.9 Å². The zero-order valence-corrected chi connectivity index (χ0v) is 13.7. The summed E-state index contributed by atoms with van der Waals surface area (Å²) in [5.41, 5.74) is 2.63. The topological polar surface area (TPSA) is 62.5 Å². The fourth-order valence-corrected chi connectivity index (χ4v) is 2.93. The second-order valence-corrected chi connectivity index (χ2v) is 5.94. The molecule has 1 saturated heterocycles. The van der Waals surface area contributed by atoms with Crippen molar-refractivity contribution in [3.05, 3.63) is 47.1 Å². The second-order valence-electron chi connectivity index (χ2n) is 5.94. The maximum atomic E-state index is 12.5. The highest BCUT2D eigenvalue weighted by atomic mass is 16.5. The van der Waals surface area contributed by atoms with Crippen molar-refractivity contribution in [2.45, 2.75) is 26.8 Å². The lowest BCUT2D eigenvalue weighted by atomic mass is 10.2. The molecule has 0 aromatic carbocycles. The van der Waals surface area contributed by atoms with Gasteiger partial charge in [-0.05, 0) is 32.4 Å². The molecule has 1 aliphatic heterocycles. The quantitative estimate of drug-likeness (QED) is 0.867. The molecule has 0 bridgehead atoms. The van der Waals surface area contributed by atoms with E-state index in [1.54, 1.807) is 12.3 Å². The van der Waals surface area contributed by atoms with Gasteiger partial charge in [0, 0.05) is 44.5 Å². The van der Waals surface area contributed by atoms with Gasteiger partial charge in [0.15, 0.2) is 0 Å². The smallest absolute Gasteiger partial charge is 0.272 e. The van der Waals surface area contributed by atoms with E-state index in [2.05, 4.69) is 15.0 Å². The minimum Gasteiger partial charge on any atom is -0.361 e. The van der Waals surface area contributed by atoms with Crippen LogP contribution in [0.15, 0.2) is 28.9 Å². The first kappa shape index (κ1) is 15.7. The molecule has 0 unspecified atom stereocenters. The van der Waals surface area contributed by atoms with Crippen LogP contribution >= 0.6 is 0 Å². The molecule has 122 valence electrons. The average molecular weight is 314 g/mol. The van der Waals surface area contributed by atoms with Crippen LogP contribution in [0.25, 0.3) is 0 Å². The van der Waals surface area contributed by atoms with Crippen LogP contribution in [-0.4, -0.2) is 52.0 Å². The van der Waals surface area contributed by atoms with Gasteiger partial charge in [0.25, 0.3) is 5.91 Å². The number of aromatic nitrogens is 2. The van der Waals surface area contributed by atoms with E-state index in [0.717, 1.165) is 56.2 Å². The van der Waals surface area contributed by atoms with Gasteiger partial charge < -0.3 is 9.42 Å². The van der Waals surface area contributed by atoms with Crippen LogP contribution in [0, 0.1) is 13.8 Å². The summed E-state index contributed by atoms with van der Waals surface area (Å²) in [7, 11) is 0. The number of rotatable bonds is 3. The lowest BCUT2D eigenvalue weighted by Crippen LogP contribution is -2.35. The van der Waals surface area contributed by atoms with Crippen molar-refractivity contribution in [2.24, 2.45) is 0 Å². The Morgan fingerprint density at radius 1 is 1.22 bits per heavy atom. The Bertz CT molecular complexity index is 649. The SMILES string of the molecule is Cc1noc(C)c1CN1CCCN(C(=O)c2ccccn2)CC1. The molecule has 3 heterocycles. The Labute approximate surface area is 136 Å². The lowest BCUT2D eigenvalue weighted by Gasteiger charge is -2.21. The van der Waals surface area contributed by atoms with Crippen LogP contribution in [-0.2, 0) is 6.54 Å². The van der Waals surface area contributed by atoms with E-state index in [1.165, 1.54) is 0 Å². The molecule has 1 fully saturated rings. The molecule has 0 aliphatic carbocycles. The molecule has 0 N–H and O–H groups in total. The molecular formula is C17H22N4O2. The van der Waals surface area contributed by atoms with Crippen molar-refractivity contribution in [3.63, 3.8) is 0 Å². The van der Waals surface area contributed by atoms with Gasteiger partial charge in [-0.3, -0.25) is 14.7 Å². The Hall–Kier alpha value is -2.21. The summed E-state index contributed by atoms with van der Waals surface area (Å²) >= 11 is 0. The molecule has 1 amide bonds. The molecule has 0 saturated carbocycles. The maximum absolute atomic E-state index is 12.5. The van der Waals surface area contributed by atoms with Gasteiger partial charge in [0.2, 0.25) is 0 Å². The first-order chi connectivity index (χ1) is 11.1. The number of pyridine rings is 1. The summed E-state index contributed by atoms with van der Waals surface area (Å²) in [5, 5.41) is 4.01. The lowest BCUT2D eigenvalue weighted by molar-refractivity contribution is 0.0755. The number of nitrogens with zero attached hydrogens (tertiary/aromatic N) is 4. The third-order valence-electron chi connectivity index (χ3n) is 4.32. The second kappa shape index (κ2) is 6.91. The Morgan fingerprint density at radius 3 is 2.78 bits per heavy atom. The summed E-state index contributed by atoms with van der Waals surface area (Å²) < 4.78 is 5.24. The van der Waals surface area contributed by atoms with Gasteiger partial charge in [-0.2, -0.15) is 0 Å². The van der Waals surface area contributed by atoms with Crippen LogP contribution in [0.1, 0.15) is 33.9 Å². The van der Waals surface area contributed by atoms with Gasteiger partial charge >= 0.3 is 0 Å². The number of carbonyl (C=O) groups excluding carboxylic acids is 1. The summed E-state index contributed by atoms with van der Waals surface area (Å²) in [5.74, 6) is 0.901. The molecular weight excluding hydrogens is 292 g/mol. The normalized spacial score (nSPS) is 16.3. The molecule has 6 heteroatoms. The van der Waals surface area contributed by atoms with E-state index >= 15 is 0 Å². The van der Waals surface area contributed by atoms with E-state index < -0.39 is 0 Å². The minimum absolute atomic E-state index is 0.0183. The fraction of sp³-hybridized carbons (Fsp3) is 0.471. The Morgan fingerprint density at radius 2 is 2.09 bits per heavy atom. The summed E-state index contributed by atoms with van der Waals surface area (Å²) in [4.78, 5) is 20.9. The zero-order chi connectivity index (χ0) is 16.2. The maximum Gasteiger partial charge on any atom is 0.272 e. The third-order valence-corrected chi connectivity index (χ3v) is 4.32. The number of carbonyl (C=O) groups is 1. The van der Waals surface area contributed by atoms with Crippen molar-refractivity contribution in [1.29, 1.82) is 0 Å². The summed E-state index contributed by atoms with van der Waals surface area (Å²) in [6.07, 6.45) is 2.62. The van der Waals surface area contributed by atoms with Crippen LogP contribution in [0.5, 0.6) is 0 Å². The van der Waals surface area contributed by atoms with Crippen LogP contribution < -0.4 is 0 Å². The van der Waals surface area contributed by atoms with E-state index in [4.69, 9.17) is 4.52 Å². The Balaban J connectivity index is 1.62. The first-order valence-corrected chi connectivity index (χ1v) is 7.99. The van der Waals surface area contributed by atoms with Gasteiger partial charge in [-0.1, -0.05) is 11.2 Å². The third kappa shape index (κ3) is 3.59. The van der Waals surface area contributed by atoms with E-state index in [0.29, 0.717) is 5.69 Å². The monoisotopic (exact) mass is 314 g/mol. The minimum atomic E-state index is 0.0183. The molecule has 3 rings (SSSR count).